The largest absolute Gasteiger partial charge is 0.379 e. The number of amides is 1. The fourth-order valence-corrected chi connectivity index (χ4v) is 5.21. The van der Waals surface area contributed by atoms with E-state index < -0.39 is 0 Å². The van der Waals surface area contributed by atoms with E-state index in [1.165, 1.54) is 22.5 Å². The molecule has 0 radical (unpaired) electrons. The van der Waals surface area contributed by atoms with Gasteiger partial charge in [0.25, 0.3) is 0 Å². The minimum Gasteiger partial charge on any atom is -0.379 e. The highest BCUT2D eigenvalue weighted by Gasteiger charge is 2.17. The molecular weight excluding hydrogens is 444 g/mol. The molecule has 34 heavy (non-hydrogen) atoms. The van der Waals surface area contributed by atoms with E-state index in [2.05, 4.69) is 34.5 Å². The number of carbonyl (C=O) groups excluding carboxylic acids is 1. The lowest BCUT2D eigenvalue weighted by Crippen LogP contribution is -2.36. The fourth-order valence-electron chi connectivity index (χ4n) is 4.36. The van der Waals surface area contributed by atoms with Crippen LogP contribution in [0.5, 0.6) is 0 Å². The molecule has 1 N–H and O–H groups in total. The molecule has 5 rings (SSSR count). The molecular formula is C27H28N4O2S. The number of morpholine rings is 1. The molecule has 0 aliphatic carbocycles. The van der Waals surface area contributed by atoms with E-state index in [-0.39, 0.29) is 11.9 Å². The maximum absolute atomic E-state index is 12.9. The van der Waals surface area contributed by atoms with Gasteiger partial charge in [-0.1, -0.05) is 72.4 Å². The molecule has 3 aromatic carbocycles. The zero-order valence-corrected chi connectivity index (χ0v) is 20.1. The summed E-state index contributed by atoms with van der Waals surface area (Å²) >= 11 is 1.47. The van der Waals surface area contributed by atoms with Crippen molar-refractivity contribution >= 4 is 39.3 Å². The Morgan fingerprint density at radius 1 is 1.00 bits per heavy atom. The number of thioether (sulfide) groups is 1. The van der Waals surface area contributed by atoms with Crippen molar-refractivity contribution < 1.29 is 9.53 Å². The molecule has 7 heteroatoms. The van der Waals surface area contributed by atoms with Gasteiger partial charge in [0.15, 0.2) is 0 Å². The number of nitrogens with zero attached hydrogens (tertiary/aromatic N) is 3. The Bertz CT molecular complexity index is 1300. The van der Waals surface area contributed by atoms with Crippen LogP contribution in [0, 0.1) is 0 Å². The Morgan fingerprint density at radius 2 is 1.74 bits per heavy atom. The molecule has 0 bridgehead atoms. The predicted molar refractivity (Wildman–Crippen MR) is 137 cm³/mol. The van der Waals surface area contributed by atoms with Gasteiger partial charge in [-0.05, 0) is 29.3 Å². The van der Waals surface area contributed by atoms with Crippen LogP contribution >= 0.6 is 11.8 Å². The van der Waals surface area contributed by atoms with E-state index in [0.717, 1.165) is 53.6 Å². The van der Waals surface area contributed by atoms with Gasteiger partial charge in [0.2, 0.25) is 5.91 Å². The van der Waals surface area contributed by atoms with Gasteiger partial charge in [-0.3, -0.25) is 9.69 Å². The number of nitrogens with one attached hydrogen (secondary N) is 1. The van der Waals surface area contributed by atoms with Gasteiger partial charge in [-0.25, -0.2) is 9.97 Å². The maximum atomic E-state index is 12.9. The molecule has 1 saturated heterocycles. The number of hydrogen-bond acceptors (Lipinski definition) is 6. The topological polar surface area (TPSA) is 67.4 Å². The van der Waals surface area contributed by atoms with Gasteiger partial charge in [0, 0.05) is 18.5 Å². The molecule has 6 nitrogen and oxygen atoms in total. The number of fused-ring (bicyclic) bond motifs is 2. The Hall–Kier alpha value is -3.00. The van der Waals surface area contributed by atoms with Crippen LogP contribution in [0.25, 0.3) is 21.7 Å². The lowest BCUT2D eigenvalue weighted by molar-refractivity contribution is -0.119. The van der Waals surface area contributed by atoms with Crippen molar-refractivity contribution in [2.45, 2.75) is 24.5 Å². The number of aromatic nitrogens is 2. The van der Waals surface area contributed by atoms with Crippen molar-refractivity contribution in [3.63, 3.8) is 0 Å². The van der Waals surface area contributed by atoms with Crippen molar-refractivity contribution in [2.75, 3.05) is 32.1 Å². The number of rotatable bonds is 7. The molecule has 1 amide bonds. The van der Waals surface area contributed by atoms with E-state index >= 15 is 0 Å². The number of carbonyl (C=O) groups is 1. The standard InChI is InChI=1S/C27H28N4O2S/c1-19(21-11-6-8-20-7-2-3-9-22(20)21)28-26(32)18-34-27-23-10-4-5-12-24(23)29-25(30-27)17-31-13-15-33-16-14-31/h2-12,19H,13-18H2,1H3,(H,28,32)/t19-/m0/s1. The Kier molecular flexibility index (Phi) is 7.04. The van der Waals surface area contributed by atoms with Crippen LogP contribution in [-0.2, 0) is 16.1 Å². The van der Waals surface area contributed by atoms with E-state index in [1.807, 2.05) is 49.4 Å². The first-order valence-electron chi connectivity index (χ1n) is 11.6. The first-order valence-corrected chi connectivity index (χ1v) is 12.6. The second-order valence-corrected chi connectivity index (χ2v) is 9.46. The summed E-state index contributed by atoms with van der Waals surface area (Å²) in [7, 11) is 0. The number of hydrogen-bond donors (Lipinski definition) is 1. The molecule has 1 aliphatic rings. The Balaban J connectivity index is 1.29. The minimum atomic E-state index is -0.0850. The van der Waals surface area contributed by atoms with Crippen molar-refractivity contribution in [3.8, 4) is 0 Å². The molecule has 4 aromatic rings. The first kappa shape index (κ1) is 22.8. The molecule has 1 aliphatic heterocycles. The monoisotopic (exact) mass is 472 g/mol. The quantitative estimate of drug-likeness (QED) is 0.314. The summed E-state index contributed by atoms with van der Waals surface area (Å²) in [6.45, 7) is 5.96. The molecule has 0 unspecified atom stereocenters. The van der Waals surface area contributed by atoms with E-state index in [1.54, 1.807) is 0 Å². The number of ether oxygens (including phenoxy) is 1. The molecule has 0 saturated carbocycles. The van der Waals surface area contributed by atoms with Crippen molar-refractivity contribution in [2.24, 2.45) is 0 Å². The van der Waals surface area contributed by atoms with Gasteiger partial charge < -0.3 is 10.1 Å². The highest BCUT2D eigenvalue weighted by Crippen LogP contribution is 2.27. The summed E-state index contributed by atoms with van der Waals surface area (Å²) in [5.74, 6) is 1.07. The van der Waals surface area contributed by atoms with Crippen LogP contribution in [0.4, 0.5) is 0 Å². The van der Waals surface area contributed by atoms with Gasteiger partial charge in [0.05, 0.1) is 37.1 Å². The fraction of sp³-hybridized carbons (Fsp3) is 0.296. The molecule has 1 atom stereocenters. The van der Waals surface area contributed by atoms with Gasteiger partial charge in [0.1, 0.15) is 10.9 Å². The lowest BCUT2D eigenvalue weighted by atomic mass is 10.00. The van der Waals surface area contributed by atoms with Gasteiger partial charge >= 0.3 is 0 Å². The van der Waals surface area contributed by atoms with Crippen LogP contribution in [0.2, 0.25) is 0 Å². The predicted octanol–water partition coefficient (Wildman–Crippen LogP) is 4.58. The van der Waals surface area contributed by atoms with E-state index in [9.17, 15) is 4.79 Å². The highest BCUT2D eigenvalue weighted by molar-refractivity contribution is 8.00. The normalized spacial score (nSPS) is 15.4. The first-order chi connectivity index (χ1) is 16.7. The zero-order valence-electron chi connectivity index (χ0n) is 19.2. The van der Waals surface area contributed by atoms with Crippen LogP contribution in [0.3, 0.4) is 0 Å². The second kappa shape index (κ2) is 10.5. The van der Waals surface area contributed by atoms with Crippen molar-refractivity contribution in [1.82, 2.24) is 20.2 Å². The van der Waals surface area contributed by atoms with Crippen molar-refractivity contribution in [3.05, 3.63) is 78.1 Å². The third-order valence-corrected chi connectivity index (χ3v) is 7.08. The average molecular weight is 473 g/mol. The smallest absolute Gasteiger partial charge is 0.230 e. The summed E-state index contributed by atoms with van der Waals surface area (Å²) in [5, 5.41) is 7.33. The lowest BCUT2D eigenvalue weighted by Gasteiger charge is -2.25. The molecule has 1 aromatic heterocycles. The SMILES string of the molecule is C[C@H](NC(=O)CSc1nc(CN2CCOCC2)nc2ccccc12)c1cccc2ccccc12. The summed E-state index contributed by atoms with van der Waals surface area (Å²) in [5.41, 5.74) is 2.03. The Morgan fingerprint density at radius 3 is 2.59 bits per heavy atom. The van der Waals surface area contributed by atoms with E-state index in [4.69, 9.17) is 14.7 Å². The van der Waals surface area contributed by atoms with Crippen molar-refractivity contribution in [1.29, 1.82) is 0 Å². The summed E-state index contributed by atoms with van der Waals surface area (Å²) in [4.78, 5) is 24.8. The Labute approximate surface area is 203 Å². The molecule has 1 fully saturated rings. The van der Waals surface area contributed by atoms with E-state index in [0.29, 0.717) is 12.3 Å². The van der Waals surface area contributed by atoms with Crippen LogP contribution in [-0.4, -0.2) is 52.8 Å². The third-order valence-electron chi connectivity index (χ3n) is 6.09. The maximum Gasteiger partial charge on any atom is 0.230 e. The molecule has 0 spiro atoms. The van der Waals surface area contributed by atoms with Crippen LogP contribution in [0.15, 0.2) is 71.8 Å². The van der Waals surface area contributed by atoms with Gasteiger partial charge in [-0.15, -0.1) is 0 Å². The summed E-state index contributed by atoms with van der Waals surface area (Å²) in [6, 6.07) is 22.4. The van der Waals surface area contributed by atoms with Gasteiger partial charge in [-0.2, -0.15) is 0 Å². The molecule has 2 heterocycles. The van der Waals surface area contributed by atoms with Crippen LogP contribution in [0.1, 0.15) is 24.4 Å². The summed E-state index contributed by atoms with van der Waals surface area (Å²) in [6.07, 6.45) is 0. The van der Waals surface area contributed by atoms with Crippen LogP contribution < -0.4 is 5.32 Å². The average Bonchev–Trinajstić information content (AvgIpc) is 2.87. The summed E-state index contributed by atoms with van der Waals surface area (Å²) < 4.78 is 5.45. The number of para-hydroxylation sites is 1. The highest BCUT2D eigenvalue weighted by atomic mass is 32.2. The minimum absolute atomic E-state index is 0.0112. The third kappa shape index (κ3) is 5.22. The second-order valence-electron chi connectivity index (χ2n) is 8.50. The number of benzene rings is 3. The molecule has 174 valence electrons. The zero-order chi connectivity index (χ0) is 23.3.